The smallest absolute Gasteiger partial charge is 0.258 e. The zero-order chi connectivity index (χ0) is 15.4. The van der Waals surface area contributed by atoms with Crippen LogP contribution in [0.25, 0.3) is 0 Å². The van der Waals surface area contributed by atoms with Crippen molar-refractivity contribution in [1.29, 1.82) is 5.26 Å². The van der Waals surface area contributed by atoms with E-state index in [9.17, 15) is 4.79 Å². The number of para-hydroxylation sites is 1. The quantitative estimate of drug-likeness (QED) is 0.938. The van der Waals surface area contributed by atoms with Gasteiger partial charge in [-0.25, -0.2) is 9.97 Å². The first kappa shape index (κ1) is 14.0. The summed E-state index contributed by atoms with van der Waals surface area (Å²) < 4.78 is 0. The van der Waals surface area contributed by atoms with Crippen molar-refractivity contribution in [2.45, 2.75) is 12.8 Å². The van der Waals surface area contributed by atoms with E-state index in [1.165, 1.54) is 12.4 Å². The predicted molar refractivity (Wildman–Crippen MR) is 82.6 cm³/mol. The van der Waals surface area contributed by atoms with Crippen molar-refractivity contribution >= 4 is 17.5 Å². The molecule has 0 saturated carbocycles. The molecule has 0 atom stereocenters. The summed E-state index contributed by atoms with van der Waals surface area (Å²) in [6.45, 7) is 1.92. The van der Waals surface area contributed by atoms with Crippen LogP contribution < -0.4 is 10.2 Å². The van der Waals surface area contributed by atoms with Crippen molar-refractivity contribution in [2.75, 3.05) is 23.3 Å². The molecule has 1 amide bonds. The predicted octanol–water partition coefficient (Wildman–Crippen LogP) is 2.20. The summed E-state index contributed by atoms with van der Waals surface area (Å²) in [4.78, 5) is 22.8. The number of benzene rings is 1. The van der Waals surface area contributed by atoms with Crippen molar-refractivity contribution < 1.29 is 4.79 Å². The minimum atomic E-state index is -0.323. The zero-order valence-electron chi connectivity index (χ0n) is 12.0. The van der Waals surface area contributed by atoms with Crippen LogP contribution in [0.4, 0.5) is 11.6 Å². The molecule has 110 valence electrons. The molecular weight excluding hydrogens is 278 g/mol. The number of amides is 1. The highest BCUT2D eigenvalue weighted by atomic mass is 16.1. The van der Waals surface area contributed by atoms with E-state index in [2.05, 4.69) is 20.2 Å². The van der Waals surface area contributed by atoms with Crippen LogP contribution in [0, 0.1) is 11.3 Å². The van der Waals surface area contributed by atoms with E-state index in [1.54, 1.807) is 24.3 Å². The highest BCUT2D eigenvalue weighted by Gasteiger charge is 2.16. The lowest BCUT2D eigenvalue weighted by Gasteiger charge is -2.14. The van der Waals surface area contributed by atoms with Gasteiger partial charge in [-0.2, -0.15) is 5.26 Å². The monoisotopic (exact) mass is 293 g/mol. The Hall–Kier alpha value is -2.94. The van der Waals surface area contributed by atoms with Crippen LogP contribution >= 0.6 is 0 Å². The van der Waals surface area contributed by atoms with E-state index in [-0.39, 0.29) is 5.91 Å². The number of carbonyl (C=O) groups is 1. The van der Waals surface area contributed by atoms with Gasteiger partial charge in [0.2, 0.25) is 5.95 Å². The maximum Gasteiger partial charge on any atom is 0.258 e. The largest absolute Gasteiger partial charge is 0.341 e. The van der Waals surface area contributed by atoms with Gasteiger partial charge in [-0.1, -0.05) is 12.1 Å². The summed E-state index contributed by atoms with van der Waals surface area (Å²) in [6, 6.07) is 8.91. The normalized spacial score (nSPS) is 13.7. The number of anilines is 2. The molecule has 1 N–H and O–H groups in total. The van der Waals surface area contributed by atoms with Crippen molar-refractivity contribution in [1.82, 2.24) is 9.97 Å². The average Bonchev–Trinajstić information content (AvgIpc) is 3.10. The Morgan fingerprint density at radius 2 is 1.86 bits per heavy atom. The molecule has 0 bridgehead atoms. The van der Waals surface area contributed by atoms with Gasteiger partial charge in [0.25, 0.3) is 5.91 Å². The molecule has 6 heteroatoms. The van der Waals surface area contributed by atoms with Crippen LogP contribution in [-0.4, -0.2) is 29.0 Å². The third kappa shape index (κ3) is 2.88. The Morgan fingerprint density at radius 1 is 1.18 bits per heavy atom. The molecule has 1 aromatic heterocycles. The topological polar surface area (TPSA) is 81.9 Å². The Labute approximate surface area is 128 Å². The van der Waals surface area contributed by atoms with Crippen LogP contribution in [0.3, 0.4) is 0 Å². The molecule has 1 aromatic carbocycles. The van der Waals surface area contributed by atoms with Gasteiger partial charge in [-0.05, 0) is 25.0 Å². The first-order chi connectivity index (χ1) is 10.8. The standard InChI is InChI=1S/C16H15N5O/c17-9-12-5-1-2-6-14(12)20-15(22)13-10-18-16(19-11-13)21-7-3-4-8-21/h1-2,5-6,10-11H,3-4,7-8H2,(H,20,22). The minimum absolute atomic E-state index is 0.323. The van der Waals surface area contributed by atoms with Crippen molar-refractivity contribution in [3.63, 3.8) is 0 Å². The number of carbonyl (C=O) groups excluding carboxylic acids is 1. The minimum Gasteiger partial charge on any atom is -0.341 e. The fourth-order valence-corrected chi connectivity index (χ4v) is 2.40. The van der Waals surface area contributed by atoms with Gasteiger partial charge < -0.3 is 10.2 Å². The Balaban J connectivity index is 1.73. The second kappa shape index (κ2) is 6.22. The molecule has 2 heterocycles. The molecule has 6 nitrogen and oxygen atoms in total. The second-order valence-corrected chi connectivity index (χ2v) is 5.08. The number of nitriles is 1. The first-order valence-corrected chi connectivity index (χ1v) is 7.15. The third-order valence-corrected chi connectivity index (χ3v) is 3.59. The molecular formula is C16H15N5O. The van der Waals surface area contributed by atoms with Gasteiger partial charge in [0.15, 0.2) is 0 Å². The molecule has 0 aliphatic carbocycles. The molecule has 22 heavy (non-hydrogen) atoms. The SMILES string of the molecule is N#Cc1ccccc1NC(=O)c1cnc(N2CCCC2)nc1. The lowest BCUT2D eigenvalue weighted by molar-refractivity contribution is 0.102. The maximum atomic E-state index is 12.2. The lowest BCUT2D eigenvalue weighted by Crippen LogP contribution is -2.21. The van der Waals surface area contributed by atoms with E-state index in [0.29, 0.717) is 22.8 Å². The van der Waals surface area contributed by atoms with E-state index in [4.69, 9.17) is 5.26 Å². The van der Waals surface area contributed by atoms with Crippen LogP contribution in [0.5, 0.6) is 0 Å². The van der Waals surface area contributed by atoms with Crippen molar-refractivity contribution in [2.24, 2.45) is 0 Å². The first-order valence-electron chi connectivity index (χ1n) is 7.15. The fraction of sp³-hybridized carbons (Fsp3) is 0.250. The maximum absolute atomic E-state index is 12.2. The number of hydrogen-bond donors (Lipinski definition) is 1. The van der Waals surface area contributed by atoms with Crippen LogP contribution in [0.2, 0.25) is 0 Å². The molecule has 1 saturated heterocycles. The van der Waals surface area contributed by atoms with Gasteiger partial charge in [0.1, 0.15) is 6.07 Å². The van der Waals surface area contributed by atoms with Crippen molar-refractivity contribution in [3.05, 3.63) is 47.8 Å². The summed E-state index contributed by atoms with van der Waals surface area (Å²) >= 11 is 0. The van der Waals surface area contributed by atoms with Crippen LogP contribution in [-0.2, 0) is 0 Å². The average molecular weight is 293 g/mol. The number of nitrogens with one attached hydrogen (secondary N) is 1. The van der Waals surface area contributed by atoms with Crippen LogP contribution in [0.1, 0.15) is 28.8 Å². The zero-order valence-corrected chi connectivity index (χ0v) is 12.0. The molecule has 1 fully saturated rings. The summed E-state index contributed by atoms with van der Waals surface area (Å²) in [5, 5.41) is 11.7. The van der Waals surface area contributed by atoms with E-state index < -0.39 is 0 Å². The Bertz CT molecular complexity index is 714. The number of nitrogens with zero attached hydrogens (tertiary/aromatic N) is 4. The summed E-state index contributed by atoms with van der Waals surface area (Å²) in [5.74, 6) is 0.335. The molecule has 3 rings (SSSR count). The van der Waals surface area contributed by atoms with Gasteiger partial charge in [0, 0.05) is 25.5 Å². The highest BCUT2D eigenvalue weighted by molar-refractivity contribution is 6.04. The number of aromatic nitrogens is 2. The number of rotatable bonds is 3. The molecule has 1 aliphatic heterocycles. The van der Waals surface area contributed by atoms with E-state index in [1.807, 2.05) is 6.07 Å². The Morgan fingerprint density at radius 3 is 2.55 bits per heavy atom. The van der Waals surface area contributed by atoms with Crippen molar-refractivity contribution in [3.8, 4) is 6.07 Å². The molecule has 2 aromatic rings. The van der Waals surface area contributed by atoms with Crippen LogP contribution in [0.15, 0.2) is 36.7 Å². The number of hydrogen-bond acceptors (Lipinski definition) is 5. The van der Waals surface area contributed by atoms with Gasteiger partial charge in [-0.3, -0.25) is 4.79 Å². The van der Waals surface area contributed by atoms with E-state index >= 15 is 0 Å². The van der Waals surface area contributed by atoms with Gasteiger partial charge in [-0.15, -0.1) is 0 Å². The summed E-state index contributed by atoms with van der Waals surface area (Å²) in [6.07, 6.45) is 5.34. The Kier molecular flexibility index (Phi) is 3.97. The summed E-state index contributed by atoms with van der Waals surface area (Å²) in [7, 11) is 0. The molecule has 0 radical (unpaired) electrons. The fourth-order valence-electron chi connectivity index (χ4n) is 2.40. The van der Waals surface area contributed by atoms with Gasteiger partial charge in [0.05, 0.1) is 16.8 Å². The summed E-state index contributed by atoms with van der Waals surface area (Å²) in [5.41, 5.74) is 1.28. The third-order valence-electron chi connectivity index (χ3n) is 3.59. The lowest BCUT2D eigenvalue weighted by atomic mass is 10.2. The van der Waals surface area contributed by atoms with E-state index in [0.717, 1.165) is 25.9 Å². The second-order valence-electron chi connectivity index (χ2n) is 5.08. The molecule has 1 aliphatic rings. The molecule has 0 unspecified atom stereocenters. The molecule has 0 spiro atoms. The highest BCUT2D eigenvalue weighted by Crippen LogP contribution is 2.17. The van der Waals surface area contributed by atoms with Gasteiger partial charge >= 0.3 is 0 Å².